The molecule has 8 heteroatoms. The van der Waals surface area contributed by atoms with Crippen LogP contribution in [-0.4, -0.2) is 46.6 Å². The Balaban J connectivity index is 1.27. The van der Waals surface area contributed by atoms with Gasteiger partial charge in [0.2, 0.25) is 0 Å². The Morgan fingerprint density at radius 2 is 1.71 bits per heavy atom. The zero-order valence-electron chi connectivity index (χ0n) is 19.7. The number of fused-ring (bicyclic) bond motifs is 1. The fourth-order valence-electron chi connectivity index (χ4n) is 4.77. The number of aromatic nitrogens is 2. The van der Waals surface area contributed by atoms with Gasteiger partial charge in [0.05, 0.1) is 11.7 Å². The number of amides is 2. The quantitative estimate of drug-likeness (QED) is 0.480. The number of anilines is 1. The summed E-state index contributed by atoms with van der Waals surface area (Å²) in [7, 11) is 0. The van der Waals surface area contributed by atoms with Crippen molar-refractivity contribution in [1.82, 2.24) is 20.2 Å². The molecule has 1 saturated heterocycles. The van der Waals surface area contributed by atoms with Crippen molar-refractivity contribution in [2.45, 2.75) is 32.4 Å². The topological polar surface area (TPSA) is 61.4 Å². The van der Waals surface area contributed by atoms with Crippen molar-refractivity contribution < 1.29 is 4.79 Å². The first-order valence-corrected chi connectivity index (χ1v) is 12.5. The number of piperazine rings is 1. The number of halogens is 2. The van der Waals surface area contributed by atoms with E-state index in [0.29, 0.717) is 24.7 Å². The molecule has 0 spiro atoms. The minimum Gasteiger partial charge on any atom is -0.352 e. The summed E-state index contributed by atoms with van der Waals surface area (Å²) in [6, 6.07) is 15.3. The molecule has 2 heterocycles. The maximum Gasteiger partial charge on any atom is 0.318 e. The Bertz CT molecular complexity index is 1260. The molecule has 0 bridgehead atoms. The van der Waals surface area contributed by atoms with Crippen LogP contribution in [0.1, 0.15) is 42.3 Å². The maximum atomic E-state index is 13.0. The van der Waals surface area contributed by atoms with E-state index >= 15 is 0 Å². The minimum atomic E-state index is -0.105. The number of nitrogens with zero attached hydrogens (tertiary/aromatic N) is 4. The molecule has 2 amide bonds. The number of benzene rings is 2. The van der Waals surface area contributed by atoms with Crippen molar-refractivity contribution in [2.24, 2.45) is 0 Å². The molecular formula is C27H27Cl2N5O. The van der Waals surface area contributed by atoms with Crippen molar-refractivity contribution in [3.8, 4) is 0 Å². The molecule has 2 aliphatic rings. The van der Waals surface area contributed by atoms with E-state index in [1.54, 1.807) is 6.33 Å². The van der Waals surface area contributed by atoms with Crippen molar-refractivity contribution in [3.63, 3.8) is 0 Å². The molecule has 35 heavy (non-hydrogen) atoms. The molecule has 1 aliphatic carbocycles. The van der Waals surface area contributed by atoms with Crippen LogP contribution >= 0.6 is 23.2 Å². The lowest BCUT2D eigenvalue weighted by Crippen LogP contribution is -2.57. The molecule has 2 atom stereocenters. The molecule has 6 nitrogen and oxygen atoms in total. The van der Waals surface area contributed by atoms with E-state index in [4.69, 9.17) is 23.2 Å². The van der Waals surface area contributed by atoms with Gasteiger partial charge in [0.1, 0.15) is 12.1 Å². The van der Waals surface area contributed by atoms with Crippen molar-refractivity contribution in [2.75, 3.05) is 24.5 Å². The summed E-state index contributed by atoms with van der Waals surface area (Å²) in [5, 5.41) is 4.53. The highest BCUT2D eigenvalue weighted by Gasteiger charge is 2.31. The third-order valence-electron chi connectivity index (χ3n) is 6.73. The van der Waals surface area contributed by atoms with E-state index < -0.39 is 0 Å². The molecular weight excluding hydrogens is 481 g/mol. The fourth-order valence-corrected chi connectivity index (χ4v) is 5.02. The average molecular weight is 508 g/mol. The molecule has 0 saturated carbocycles. The minimum absolute atomic E-state index is 0.0351. The van der Waals surface area contributed by atoms with E-state index in [-0.39, 0.29) is 18.1 Å². The van der Waals surface area contributed by atoms with Gasteiger partial charge in [0.25, 0.3) is 0 Å². The monoisotopic (exact) mass is 507 g/mol. The van der Waals surface area contributed by atoms with Crippen LogP contribution in [0, 0.1) is 0 Å². The lowest BCUT2D eigenvalue weighted by atomic mass is 10.1. The molecule has 0 unspecified atom stereocenters. The van der Waals surface area contributed by atoms with Crippen LogP contribution in [0.2, 0.25) is 10.0 Å². The molecule has 180 valence electrons. The van der Waals surface area contributed by atoms with Crippen molar-refractivity contribution >= 4 is 46.7 Å². The maximum absolute atomic E-state index is 13.0. The number of rotatable bonds is 4. The Morgan fingerprint density at radius 1 is 1.03 bits per heavy atom. The highest BCUT2D eigenvalue weighted by molar-refractivity contribution is 6.30. The van der Waals surface area contributed by atoms with Gasteiger partial charge in [0, 0.05) is 47.7 Å². The number of hydrogen-bond acceptors (Lipinski definition) is 4. The number of urea groups is 1. The zero-order valence-corrected chi connectivity index (χ0v) is 21.2. The summed E-state index contributed by atoms with van der Waals surface area (Å²) >= 11 is 12.1. The van der Waals surface area contributed by atoms with Gasteiger partial charge in [-0.25, -0.2) is 14.8 Å². The van der Waals surface area contributed by atoms with Crippen LogP contribution < -0.4 is 10.2 Å². The standard InChI is InChI=1S/C27H27Cl2N5O/c1-17-15-33(11-12-34(17)27(35)32-18(2)19-3-7-22(28)8-4-19)26-24-13-21(14-25(24)30-16-31-26)20-5-9-23(29)10-6-20/h3-10,13,16-18H,11-12,14-15H2,1-2H3,(H,32,35)/t17-,18+/m1/s1. The molecule has 1 aromatic heterocycles. The average Bonchev–Trinajstić information content (AvgIpc) is 3.29. The lowest BCUT2D eigenvalue weighted by Gasteiger charge is -2.41. The summed E-state index contributed by atoms with van der Waals surface area (Å²) in [6.07, 6.45) is 4.60. The summed E-state index contributed by atoms with van der Waals surface area (Å²) in [6.45, 7) is 6.09. The van der Waals surface area contributed by atoms with Crippen LogP contribution in [0.4, 0.5) is 10.6 Å². The summed E-state index contributed by atoms with van der Waals surface area (Å²) in [5.41, 5.74) is 5.47. The van der Waals surface area contributed by atoms with Crippen LogP contribution in [0.25, 0.3) is 11.6 Å². The molecule has 1 fully saturated rings. The second kappa shape index (κ2) is 9.88. The van der Waals surface area contributed by atoms with Crippen LogP contribution in [0.5, 0.6) is 0 Å². The number of carbonyl (C=O) groups is 1. The molecule has 1 aliphatic heterocycles. The van der Waals surface area contributed by atoms with Gasteiger partial charge < -0.3 is 15.1 Å². The molecule has 5 rings (SSSR count). The van der Waals surface area contributed by atoms with Gasteiger partial charge in [-0.2, -0.15) is 0 Å². The largest absolute Gasteiger partial charge is 0.352 e. The van der Waals surface area contributed by atoms with E-state index in [1.165, 1.54) is 5.57 Å². The van der Waals surface area contributed by atoms with E-state index in [1.807, 2.05) is 60.4 Å². The lowest BCUT2D eigenvalue weighted by molar-refractivity contribution is 0.168. The van der Waals surface area contributed by atoms with Gasteiger partial charge in [-0.3, -0.25) is 0 Å². The Morgan fingerprint density at radius 3 is 2.40 bits per heavy atom. The molecule has 1 N–H and O–H groups in total. The second-order valence-corrected chi connectivity index (χ2v) is 9.99. The van der Waals surface area contributed by atoms with Gasteiger partial charge in [-0.15, -0.1) is 0 Å². The highest BCUT2D eigenvalue weighted by atomic mass is 35.5. The van der Waals surface area contributed by atoms with Crippen LogP contribution in [-0.2, 0) is 6.42 Å². The third kappa shape index (κ3) is 5.00. The van der Waals surface area contributed by atoms with E-state index in [2.05, 4.69) is 33.2 Å². The van der Waals surface area contributed by atoms with Crippen molar-refractivity contribution in [3.05, 3.63) is 87.3 Å². The SMILES string of the molecule is C[C@H](NC(=O)N1CCN(c2ncnc3c2C=C(c2ccc(Cl)cc2)C3)C[C@H]1C)c1ccc(Cl)cc1. The number of carbonyl (C=O) groups excluding carboxylic acids is 1. The van der Waals surface area contributed by atoms with Gasteiger partial charge in [0.15, 0.2) is 0 Å². The van der Waals surface area contributed by atoms with Crippen molar-refractivity contribution in [1.29, 1.82) is 0 Å². The van der Waals surface area contributed by atoms with Crippen LogP contribution in [0.3, 0.4) is 0 Å². The first-order chi connectivity index (χ1) is 16.9. The highest BCUT2D eigenvalue weighted by Crippen LogP contribution is 2.35. The third-order valence-corrected chi connectivity index (χ3v) is 7.24. The van der Waals surface area contributed by atoms with Crippen LogP contribution in [0.15, 0.2) is 54.9 Å². The number of nitrogens with one attached hydrogen (secondary N) is 1. The Kier molecular flexibility index (Phi) is 6.67. The number of allylic oxidation sites excluding steroid dienone is 1. The first-order valence-electron chi connectivity index (χ1n) is 11.8. The van der Waals surface area contributed by atoms with Gasteiger partial charge in [-0.05, 0) is 60.9 Å². The second-order valence-electron chi connectivity index (χ2n) is 9.12. The molecule has 0 radical (unpaired) electrons. The molecule has 2 aromatic carbocycles. The fraction of sp³-hybridized carbons (Fsp3) is 0.296. The Labute approximate surface area is 215 Å². The van der Waals surface area contributed by atoms with E-state index in [9.17, 15) is 4.79 Å². The summed E-state index contributed by atoms with van der Waals surface area (Å²) in [4.78, 5) is 26.4. The Hall–Kier alpha value is -3.09. The van der Waals surface area contributed by atoms with Gasteiger partial charge >= 0.3 is 6.03 Å². The van der Waals surface area contributed by atoms with E-state index in [0.717, 1.165) is 39.6 Å². The normalized spacial score (nSPS) is 18.2. The van der Waals surface area contributed by atoms with Gasteiger partial charge in [-0.1, -0.05) is 47.5 Å². The summed E-state index contributed by atoms with van der Waals surface area (Å²) in [5.74, 6) is 0.931. The first kappa shape index (κ1) is 23.6. The predicted molar refractivity (Wildman–Crippen MR) is 142 cm³/mol. The summed E-state index contributed by atoms with van der Waals surface area (Å²) < 4.78 is 0. The smallest absolute Gasteiger partial charge is 0.318 e. The predicted octanol–water partition coefficient (Wildman–Crippen LogP) is 5.86. The number of hydrogen-bond donors (Lipinski definition) is 1. The zero-order chi connectivity index (χ0) is 24.5. The molecule has 3 aromatic rings.